The summed E-state index contributed by atoms with van der Waals surface area (Å²) in [5, 5.41) is 8.56. The summed E-state index contributed by atoms with van der Waals surface area (Å²) in [5.41, 5.74) is 4.21. The maximum Gasteiger partial charge on any atom is 0.0864 e. The van der Waals surface area contributed by atoms with Gasteiger partial charge in [0.15, 0.2) is 0 Å². The minimum atomic E-state index is 0.295. The first-order valence-corrected chi connectivity index (χ1v) is 9.41. The molecule has 0 unspecified atom stereocenters. The van der Waals surface area contributed by atoms with E-state index in [0.29, 0.717) is 10.00 Å². The van der Waals surface area contributed by atoms with Crippen LogP contribution in [0.1, 0.15) is 36.8 Å². The molecule has 1 aliphatic heterocycles. The van der Waals surface area contributed by atoms with E-state index in [0.717, 1.165) is 5.52 Å². The number of fused-ring (bicyclic) bond motifs is 3. The highest BCUT2D eigenvalue weighted by Crippen LogP contribution is 2.61. The van der Waals surface area contributed by atoms with Crippen molar-refractivity contribution < 1.29 is 0 Å². The Bertz CT molecular complexity index is 646. The predicted molar refractivity (Wildman–Crippen MR) is 88.0 cm³/mol. The van der Waals surface area contributed by atoms with Crippen molar-refractivity contribution in [1.82, 2.24) is 10.2 Å². The van der Waals surface area contributed by atoms with Gasteiger partial charge in [-0.15, -0.1) is 23.5 Å². The Kier molecular flexibility index (Phi) is 2.94. The minimum absolute atomic E-state index is 0.295. The number of benzene rings is 1. The van der Waals surface area contributed by atoms with Gasteiger partial charge in [-0.3, -0.25) is 5.10 Å². The smallest absolute Gasteiger partial charge is 0.0864 e. The third-order valence-corrected chi connectivity index (χ3v) is 8.70. The lowest BCUT2D eigenvalue weighted by molar-refractivity contribution is 0.562. The Morgan fingerprint density at radius 1 is 1.42 bits per heavy atom. The summed E-state index contributed by atoms with van der Waals surface area (Å²) >= 11 is 8.12. The van der Waals surface area contributed by atoms with E-state index >= 15 is 0 Å². The molecule has 1 spiro atoms. The fraction of sp³-hybridized carbons (Fsp3) is 0.500. The molecule has 1 atom stereocenters. The van der Waals surface area contributed by atoms with E-state index in [2.05, 4.69) is 62.6 Å². The van der Waals surface area contributed by atoms with Crippen molar-refractivity contribution in [1.29, 1.82) is 0 Å². The molecular formula is C14H15BrN2S2. The zero-order chi connectivity index (χ0) is 13.0. The first-order valence-electron chi connectivity index (χ1n) is 6.65. The average molecular weight is 355 g/mol. The number of nitrogens with one attached hydrogen (secondary N) is 1. The highest BCUT2D eigenvalue weighted by atomic mass is 79.9. The number of hydrogen-bond acceptors (Lipinski definition) is 3. The monoisotopic (exact) mass is 354 g/mol. The number of hydrogen-bond donors (Lipinski definition) is 1. The highest BCUT2D eigenvalue weighted by molar-refractivity contribution is 9.10. The Morgan fingerprint density at radius 2 is 2.21 bits per heavy atom. The van der Waals surface area contributed by atoms with Crippen LogP contribution in [-0.4, -0.2) is 21.7 Å². The molecule has 1 aromatic heterocycles. The molecule has 2 aromatic rings. The van der Waals surface area contributed by atoms with Crippen LogP contribution in [0.2, 0.25) is 0 Å². The highest BCUT2D eigenvalue weighted by Gasteiger charge is 2.43. The first kappa shape index (κ1) is 12.6. The van der Waals surface area contributed by atoms with Crippen LogP contribution in [0.25, 0.3) is 10.9 Å². The Balaban J connectivity index is 2.04. The molecule has 1 saturated heterocycles. The molecule has 1 fully saturated rings. The van der Waals surface area contributed by atoms with Crippen LogP contribution in [0, 0.1) is 0 Å². The van der Waals surface area contributed by atoms with E-state index in [1.54, 1.807) is 0 Å². The number of aromatic nitrogens is 2. The van der Waals surface area contributed by atoms with Crippen LogP contribution < -0.4 is 0 Å². The minimum Gasteiger partial charge on any atom is -0.278 e. The SMILES string of the molecule is C[C@@H]1CCC2(SCCS2)c2cc3[nH]ncc3c(Br)c21. The van der Waals surface area contributed by atoms with Crippen molar-refractivity contribution in [2.24, 2.45) is 0 Å². The topological polar surface area (TPSA) is 28.7 Å². The molecule has 0 radical (unpaired) electrons. The number of H-pyrrole nitrogens is 1. The van der Waals surface area contributed by atoms with Crippen molar-refractivity contribution in [2.45, 2.75) is 29.8 Å². The third kappa shape index (κ3) is 1.74. The lowest BCUT2D eigenvalue weighted by Gasteiger charge is -2.37. The van der Waals surface area contributed by atoms with Crippen molar-refractivity contribution in [3.63, 3.8) is 0 Å². The zero-order valence-corrected chi connectivity index (χ0v) is 13.9. The summed E-state index contributed by atoms with van der Waals surface area (Å²) < 4.78 is 1.55. The summed E-state index contributed by atoms with van der Waals surface area (Å²) in [6.07, 6.45) is 4.51. The van der Waals surface area contributed by atoms with Gasteiger partial charge in [-0.05, 0) is 51.9 Å². The van der Waals surface area contributed by atoms with E-state index in [1.165, 1.54) is 45.3 Å². The standard InChI is InChI=1S/C14H15BrN2S2/c1-8-2-3-14(18-4-5-19-14)10-6-11-9(7-16-17-11)13(15)12(8)10/h6-8H,2-5H2,1H3,(H,16,17)/t8-/m1/s1. The number of nitrogens with zero attached hydrogens (tertiary/aromatic N) is 1. The maximum absolute atomic E-state index is 4.20. The molecule has 100 valence electrons. The molecule has 0 amide bonds. The van der Waals surface area contributed by atoms with Crippen LogP contribution in [0.5, 0.6) is 0 Å². The normalized spacial score (nSPS) is 25.1. The second kappa shape index (κ2) is 4.43. The van der Waals surface area contributed by atoms with Crippen molar-refractivity contribution >= 4 is 50.4 Å². The van der Waals surface area contributed by atoms with Gasteiger partial charge in [-0.25, -0.2) is 0 Å². The van der Waals surface area contributed by atoms with E-state index in [4.69, 9.17) is 0 Å². The molecule has 5 heteroatoms. The lowest BCUT2D eigenvalue weighted by Crippen LogP contribution is -2.24. The summed E-state index contributed by atoms with van der Waals surface area (Å²) in [4.78, 5) is 0. The second-order valence-corrected chi connectivity index (χ2v) is 9.21. The van der Waals surface area contributed by atoms with Crippen molar-refractivity contribution in [2.75, 3.05) is 11.5 Å². The molecule has 2 aliphatic rings. The Hall–Kier alpha value is -0.130. The summed E-state index contributed by atoms with van der Waals surface area (Å²) in [6.45, 7) is 2.35. The number of aromatic amines is 1. The fourth-order valence-electron chi connectivity index (χ4n) is 3.30. The van der Waals surface area contributed by atoms with Crippen LogP contribution >= 0.6 is 39.5 Å². The largest absolute Gasteiger partial charge is 0.278 e. The first-order chi connectivity index (χ1) is 9.21. The Labute approximate surface area is 129 Å². The van der Waals surface area contributed by atoms with E-state index in [-0.39, 0.29) is 0 Å². The van der Waals surface area contributed by atoms with Crippen LogP contribution in [-0.2, 0) is 4.08 Å². The molecule has 4 rings (SSSR count). The van der Waals surface area contributed by atoms with Gasteiger partial charge in [-0.1, -0.05) is 6.92 Å². The van der Waals surface area contributed by atoms with Gasteiger partial charge < -0.3 is 0 Å². The van der Waals surface area contributed by atoms with E-state index in [1.807, 2.05) is 6.20 Å². The van der Waals surface area contributed by atoms with Gasteiger partial charge in [0.1, 0.15) is 0 Å². The molecule has 0 saturated carbocycles. The molecule has 19 heavy (non-hydrogen) atoms. The van der Waals surface area contributed by atoms with Gasteiger partial charge in [0.2, 0.25) is 0 Å². The molecule has 2 heterocycles. The molecule has 1 aliphatic carbocycles. The third-order valence-electron chi connectivity index (χ3n) is 4.28. The van der Waals surface area contributed by atoms with E-state index < -0.39 is 0 Å². The molecule has 1 N–H and O–H groups in total. The van der Waals surface area contributed by atoms with Gasteiger partial charge in [0.05, 0.1) is 15.8 Å². The second-order valence-electron chi connectivity index (χ2n) is 5.37. The number of halogens is 1. The Morgan fingerprint density at radius 3 is 3.00 bits per heavy atom. The fourth-order valence-corrected chi connectivity index (χ4v) is 7.56. The lowest BCUT2D eigenvalue weighted by atomic mass is 9.82. The van der Waals surface area contributed by atoms with Crippen molar-refractivity contribution in [3.05, 3.63) is 27.9 Å². The quantitative estimate of drug-likeness (QED) is 0.732. The number of rotatable bonds is 0. The summed E-state index contributed by atoms with van der Waals surface area (Å²) in [7, 11) is 0. The predicted octanol–water partition coefficient (Wildman–Crippen LogP) is 4.86. The van der Waals surface area contributed by atoms with Gasteiger partial charge in [-0.2, -0.15) is 5.10 Å². The van der Waals surface area contributed by atoms with Crippen LogP contribution in [0.4, 0.5) is 0 Å². The summed E-state index contributed by atoms with van der Waals surface area (Å²) in [5.74, 6) is 3.19. The van der Waals surface area contributed by atoms with Gasteiger partial charge in [0.25, 0.3) is 0 Å². The molecule has 0 bridgehead atoms. The van der Waals surface area contributed by atoms with Crippen LogP contribution in [0.15, 0.2) is 16.7 Å². The summed E-state index contributed by atoms with van der Waals surface area (Å²) in [6, 6.07) is 2.35. The number of thioether (sulfide) groups is 2. The molecule has 2 nitrogen and oxygen atoms in total. The molecular weight excluding hydrogens is 340 g/mol. The van der Waals surface area contributed by atoms with Crippen molar-refractivity contribution in [3.8, 4) is 0 Å². The molecule has 1 aromatic carbocycles. The average Bonchev–Trinajstić information content (AvgIpc) is 3.04. The maximum atomic E-state index is 4.20. The zero-order valence-electron chi connectivity index (χ0n) is 10.7. The van der Waals surface area contributed by atoms with Crippen LogP contribution in [0.3, 0.4) is 0 Å². The van der Waals surface area contributed by atoms with Gasteiger partial charge in [0, 0.05) is 21.4 Å². The van der Waals surface area contributed by atoms with Gasteiger partial charge >= 0.3 is 0 Å². The van der Waals surface area contributed by atoms with E-state index in [9.17, 15) is 0 Å².